The Morgan fingerprint density at radius 2 is 2.29 bits per heavy atom. The molecule has 1 unspecified atom stereocenters. The summed E-state index contributed by atoms with van der Waals surface area (Å²) < 4.78 is 5.40. The molecule has 1 aromatic rings. The molecule has 0 aromatic carbocycles. The quantitative estimate of drug-likeness (QED) is 0.841. The fraction of sp³-hybridized carbons (Fsp3) is 0.583. The highest BCUT2D eigenvalue weighted by Crippen LogP contribution is 2.18. The van der Waals surface area contributed by atoms with Crippen LogP contribution in [-0.4, -0.2) is 37.1 Å². The molecule has 0 aliphatic carbocycles. The molecule has 0 spiro atoms. The first-order valence-electron chi connectivity index (χ1n) is 5.68. The molecule has 1 amide bonds. The molecular weight excluding hydrogens is 236 g/mol. The molecule has 0 bridgehead atoms. The lowest BCUT2D eigenvalue weighted by Gasteiger charge is -2.21. The smallest absolute Gasteiger partial charge is 0.244 e. The van der Waals surface area contributed by atoms with Crippen LogP contribution in [0, 0.1) is 0 Å². The summed E-state index contributed by atoms with van der Waals surface area (Å²) >= 11 is 1.50. The lowest BCUT2D eigenvalue weighted by atomic mass is 10.2. The van der Waals surface area contributed by atoms with Crippen molar-refractivity contribution in [3.05, 3.63) is 22.4 Å². The molecule has 0 saturated carbocycles. The molecular formula is C12H20N2O2S. The van der Waals surface area contributed by atoms with Crippen LogP contribution < -0.4 is 5.73 Å². The summed E-state index contributed by atoms with van der Waals surface area (Å²) in [5.41, 5.74) is 5.89. The molecule has 0 aliphatic rings. The average Bonchev–Trinajstić information content (AvgIpc) is 2.79. The van der Waals surface area contributed by atoms with E-state index in [-0.39, 0.29) is 12.0 Å². The number of carbonyl (C=O) groups excluding carboxylic acids is 1. The molecule has 1 rings (SSSR count). The van der Waals surface area contributed by atoms with Crippen LogP contribution in [0.15, 0.2) is 17.5 Å². The summed E-state index contributed by atoms with van der Waals surface area (Å²) in [7, 11) is 1.75. The number of hydrogen-bond donors (Lipinski definition) is 1. The highest BCUT2D eigenvalue weighted by molar-refractivity contribution is 7.10. The Morgan fingerprint density at radius 1 is 1.59 bits per heavy atom. The molecule has 0 aliphatic heterocycles. The highest BCUT2D eigenvalue weighted by atomic mass is 32.1. The summed E-state index contributed by atoms with van der Waals surface area (Å²) in [4.78, 5) is 14.5. The third-order valence-electron chi connectivity index (χ3n) is 2.37. The van der Waals surface area contributed by atoms with Gasteiger partial charge in [-0.1, -0.05) is 6.07 Å². The SMILES string of the molecule is CC(C)OCCN(C)C(=O)C(N)c1cccs1. The van der Waals surface area contributed by atoms with Gasteiger partial charge in [0.05, 0.1) is 12.7 Å². The first-order chi connectivity index (χ1) is 8.02. The van der Waals surface area contributed by atoms with Gasteiger partial charge >= 0.3 is 0 Å². The first kappa shape index (κ1) is 14.2. The molecule has 1 heterocycles. The zero-order valence-corrected chi connectivity index (χ0v) is 11.4. The summed E-state index contributed by atoms with van der Waals surface area (Å²) in [6.45, 7) is 5.05. The van der Waals surface area contributed by atoms with Crippen LogP contribution in [-0.2, 0) is 9.53 Å². The number of nitrogens with two attached hydrogens (primary N) is 1. The van der Waals surface area contributed by atoms with Gasteiger partial charge in [0, 0.05) is 18.5 Å². The predicted molar refractivity (Wildman–Crippen MR) is 70.0 cm³/mol. The number of nitrogens with zero attached hydrogens (tertiary/aromatic N) is 1. The van der Waals surface area contributed by atoms with Crippen molar-refractivity contribution in [3.63, 3.8) is 0 Å². The van der Waals surface area contributed by atoms with Crippen molar-refractivity contribution < 1.29 is 9.53 Å². The number of ether oxygens (including phenoxy) is 1. The van der Waals surface area contributed by atoms with Crippen LogP contribution in [0.25, 0.3) is 0 Å². The lowest BCUT2D eigenvalue weighted by Crippen LogP contribution is -2.37. The molecule has 17 heavy (non-hydrogen) atoms. The molecule has 0 fully saturated rings. The Morgan fingerprint density at radius 3 is 2.82 bits per heavy atom. The maximum atomic E-state index is 12.0. The second-order valence-electron chi connectivity index (χ2n) is 4.17. The van der Waals surface area contributed by atoms with Crippen molar-refractivity contribution in [1.82, 2.24) is 4.90 Å². The number of amides is 1. The minimum Gasteiger partial charge on any atom is -0.377 e. The Balaban J connectivity index is 2.41. The van der Waals surface area contributed by atoms with E-state index in [4.69, 9.17) is 10.5 Å². The van der Waals surface area contributed by atoms with E-state index in [1.165, 1.54) is 11.3 Å². The molecule has 0 saturated heterocycles. The monoisotopic (exact) mass is 256 g/mol. The minimum absolute atomic E-state index is 0.0696. The Bertz CT molecular complexity index is 338. The molecule has 1 atom stereocenters. The van der Waals surface area contributed by atoms with Gasteiger partial charge in [-0.2, -0.15) is 0 Å². The predicted octanol–water partition coefficient (Wildman–Crippen LogP) is 1.63. The Labute approximate surface area is 106 Å². The molecule has 1 aromatic heterocycles. The summed E-state index contributed by atoms with van der Waals surface area (Å²) in [6, 6.07) is 3.22. The standard InChI is InChI=1S/C12H20N2O2S/c1-9(2)16-7-6-14(3)12(15)11(13)10-5-4-8-17-10/h4-5,8-9,11H,6-7,13H2,1-3H3. The Hall–Kier alpha value is -0.910. The second-order valence-corrected chi connectivity index (χ2v) is 5.15. The average molecular weight is 256 g/mol. The van der Waals surface area contributed by atoms with E-state index < -0.39 is 6.04 Å². The number of hydrogen-bond acceptors (Lipinski definition) is 4. The summed E-state index contributed by atoms with van der Waals surface area (Å²) in [5, 5.41) is 1.92. The van der Waals surface area contributed by atoms with Crippen molar-refractivity contribution in [1.29, 1.82) is 0 Å². The van der Waals surface area contributed by atoms with Crippen LogP contribution in [0.4, 0.5) is 0 Å². The van der Waals surface area contributed by atoms with Gasteiger partial charge in [0.15, 0.2) is 0 Å². The van der Waals surface area contributed by atoms with Crippen molar-refractivity contribution in [2.45, 2.75) is 26.0 Å². The number of likely N-dealkylation sites (N-methyl/N-ethyl adjacent to an activating group) is 1. The largest absolute Gasteiger partial charge is 0.377 e. The van der Waals surface area contributed by atoms with Crippen LogP contribution in [0.5, 0.6) is 0 Å². The van der Waals surface area contributed by atoms with Gasteiger partial charge in [-0.05, 0) is 25.3 Å². The van der Waals surface area contributed by atoms with E-state index in [1.807, 2.05) is 31.4 Å². The zero-order chi connectivity index (χ0) is 12.8. The fourth-order valence-electron chi connectivity index (χ4n) is 1.36. The van der Waals surface area contributed by atoms with E-state index >= 15 is 0 Å². The molecule has 4 nitrogen and oxygen atoms in total. The normalized spacial score (nSPS) is 12.8. The summed E-state index contributed by atoms with van der Waals surface area (Å²) in [6.07, 6.45) is 0.185. The molecule has 5 heteroatoms. The third kappa shape index (κ3) is 4.46. The van der Waals surface area contributed by atoms with Gasteiger partial charge in [-0.3, -0.25) is 4.79 Å². The zero-order valence-electron chi connectivity index (χ0n) is 10.6. The van der Waals surface area contributed by atoms with Gasteiger partial charge in [0.1, 0.15) is 6.04 Å². The topological polar surface area (TPSA) is 55.6 Å². The van der Waals surface area contributed by atoms with Crippen molar-refractivity contribution >= 4 is 17.2 Å². The summed E-state index contributed by atoms with van der Waals surface area (Å²) in [5.74, 6) is -0.0696. The first-order valence-corrected chi connectivity index (χ1v) is 6.56. The van der Waals surface area contributed by atoms with Gasteiger partial charge in [-0.25, -0.2) is 0 Å². The van der Waals surface area contributed by atoms with Gasteiger partial charge < -0.3 is 15.4 Å². The highest BCUT2D eigenvalue weighted by Gasteiger charge is 2.20. The maximum Gasteiger partial charge on any atom is 0.244 e. The minimum atomic E-state index is -0.556. The van der Waals surface area contributed by atoms with E-state index in [9.17, 15) is 4.79 Å². The van der Waals surface area contributed by atoms with Crippen LogP contribution in [0.2, 0.25) is 0 Å². The Kier molecular flexibility index (Phi) is 5.61. The van der Waals surface area contributed by atoms with Gasteiger partial charge in [0.2, 0.25) is 5.91 Å². The van der Waals surface area contributed by atoms with Crippen LogP contribution in [0.3, 0.4) is 0 Å². The van der Waals surface area contributed by atoms with Crippen molar-refractivity contribution in [2.75, 3.05) is 20.2 Å². The van der Waals surface area contributed by atoms with Crippen LogP contribution in [0.1, 0.15) is 24.8 Å². The number of thiophene rings is 1. The van der Waals surface area contributed by atoms with E-state index in [1.54, 1.807) is 11.9 Å². The van der Waals surface area contributed by atoms with Crippen molar-refractivity contribution in [2.24, 2.45) is 5.73 Å². The molecule has 0 radical (unpaired) electrons. The molecule has 2 N–H and O–H groups in total. The van der Waals surface area contributed by atoms with Gasteiger partial charge in [-0.15, -0.1) is 11.3 Å². The third-order valence-corrected chi connectivity index (χ3v) is 3.33. The lowest BCUT2D eigenvalue weighted by molar-refractivity contribution is -0.132. The van der Waals surface area contributed by atoms with E-state index in [0.717, 1.165) is 4.88 Å². The maximum absolute atomic E-state index is 12.0. The second kappa shape index (κ2) is 6.74. The van der Waals surface area contributed by atoms with Crippen molar-refractivity contribution in [3.8, 4) is 0 Å². The van der Waals surface area contributed by atoms with E-state index in [0.29, 0.717) is 13.2 Å². The number of carbonyl (C=O) groups is 1. The molecule has 96 valence electrons. The van der Waals surface area contributed by atoms with Gasteiger partial charge in [0.25, 0.3) is 0 Å². The fourth-order valence-corrected chi connectivity index (χ4v) is 2.08. The number of rotatable bonds is 6. The van der Waals surface area contributed by atoms with Crippen LogP contribution >= 0.6 is 11.3 Å². The van der Waals surface area contributed by atoms with E-state index in [2.05, 4.69) is 0 Å².